The number of hydrogen-bond acceptors (Lipinski definition) is 6. The van der Waals surface area contributed by atoms with Gasteiger partial charge in [-0.25, -0.2) is 0 Å². The van der Waals surface area contributed by atoms with E-state index in [9.17, 15) is 26.4 Å². The topological polar surface area (TPSA) is 155 Å². The first-order chi connectivity index (χ1) is 10.5. The maximum atomic E-state index is 11.9. The first kappa shape index (κ1) is 15.6. The zero-order valence-corrected chi connectivity index (χ0v) is 12.6. The molecule has 0 aliphatic carbocycles. The minimum Gasteiger partial charge on any atom is -0.288 e. The highest BCUT2D eigenvalue weighted by Gasteiger charge is 2.29. The highest BCUT2D eigenvalue weighted by Crippen LogP contribution is 2.32. The molecule has 0 atom stereocenters. The lowest BCUT2D eigenvalue weighted by atomic mass is 9.95. The van der Waals surface area contributed by atoms with Crippen LogP contribution in [0.2, 0.25) is 0 Å². The molecule has 2 amide bonds. The Morgan fingerprint density at radius 2 is 1.13 bits per heavy atom. The summed E-state index contributed by atoms with van der Waals surface area (Å²) in [7, 11) is -9.36. The summed E-state index contributed by atoms with van der Waals surface area (Å²) in [5.74, 6) is -1.78. The normalized spacial score (nSPS) is 14.9. The first-order valence-corrected chi connectivity index (χ1v) is 8.79. The molecule has 0 fully saturated rings. The smallest absolute Gasteiger partial charge is 0.288 e. The molecule has 3 N–H and O–H groups in total. The van der Waals surface area contributed by atoms with Gasteiger partial charge in [-0.3, -0.25) is 24.0 Å². The number of imide groups is 1. The summed E-state index contributed by atoms with van der Waals surface area (Å²) in [5, 5.41) is 1.84. The molecule has 120 valence electrons. The Kier molecular flexibility index (Phi) is 3.10. The van der Waals surface area contributed by atoms with Gasteiger partial charge in [-0.15, -0.1) is 0 Å². The lowest BCUT2D eigenvalue weighted by molar-refractivity contribution is 0.0844. The second-order valence-electron chi connectivity index (χ2n) is 4.77. The molecule has 0 saturated carbocycles. The molecule has 1 aliphatic heterocycles. The first-order valence-electron chi connectivity index (χ1n) is 5.91. The number of benzene rings is 2. The standard InChI is InChI=1S/C12H7NO8S2/c14-11-8-3-6(22(16,17)18)1-5-2-7(23(19,20)21)4-9(10(5)8)12(15)13-11/h1-4H,(H,13,14,15)(H,16,17,18)(H,19,20,21). The van der Waals surface area contributed by atoms with Crippen molar-refractivity contribution < 1.29 is 35.5 Å². The number of rotatable bonds is 2. The average Bonchev–Trinajstić information content (AvgIpc) is 2.41. The van der Waals surface area contributed by atoms with Crippen molar-refractivity contribution in [2.24, 2.45) is 0 Å². The van der Waals surface area contributed by atoms with Gasteiger partial charge in [0.05, 0.1) is 9.79 Å². The predicted molar refractivity (Wildman–Crippen MR) is 75.4 cm³/mol. The third kappa shape index (κ3) is 2.49. The van der Waals surface area contributed by atoms with Crippen molar-refractivity contribution in [2.45, 2.75) is 9.79 Å². The van der Waals surface area contributed by atoms with Crippen LogP contribution in [0.25, 0.3) is 10.8 Å². The van der Waals surface area contributed by atoms with Gasteiger partial charge in [0.25, 0.3) is 32.1 Å². The summed E-state index contributed by atoms with van der Waals surface area (Å²) in [6.45, 7) is 0. The van der Waals surface area contributed by atoms with Gasteiger partial charge in [-0.2, -0.15) is 16.8 Å². The SMILES string of the molecule is O=C1NC(=O)c2cc(S(=O)(=O)O)cc3cc(S(=O)(=O)O)cc1c23. The van der Waals surface area contributed by atoms with Crippen LogP contribution in [0, 0.1) is 0 Å². The van der Waals surface area contributed by atoms with Crippen LogP contribution in [0.15, 0.2) is 34.1 Å². The molecule has 11 heteroatoms. The summed E-state index contributed by atoms with van der Waals surface area (Å²) in [4.78, 5) is 22.4. The highest BCUT2D eigenvalue weighted by molar-refractivity contribution is 7.86. The lowest BCUT2D eigenvalue weighted by Crippen LogP contribution is -2.35. The number of hydrogen-bond donors (Lipinski definition) is 3. The van der Waals surface area contributed by atoms with Crippen LogP contribution < -0.4 is 5.32 Å². The Hall–Kier alpha value is -2.34. The molecule has 2 aromatic carbocycles. The fraction of sp³-hybridized carbons (Fsp3) is 0. The van der Waals surface area contributed by atoms with E-state index in [-0.39, 0.29) is 21.9 Å². The maximum Gasteiger partial charge on any atom is 0.294 e. The quantitative estimate of drug-likeness (QED) is 0.509. The number of amides is 2. The molecule has 0 unspecified atom stereocenters. The molecule has 0 bridgehead atoms. The third-order valence-electron chi connectivity index (χ3n) is 3.31. The average molecular weight is 357 g/mol. The van der Waals surface area contributed by atoms with E-state index in [1.807, 2.05) is 5.32 Å². The van der Waals surface area contributed by atoms with Crippen molar-refractivity contribution in [3.8, 4) is 0 Å². The number of carbonyl (C=O) groups excluding carboxylic acids is 2. The van der Waals surface area contributed by atoms with Gasteiger partial charge in [-0.1, -0.05) is 0 Å². The van der Waals surface area contributed by atoms with Gasteiger partial charge < -0.3 is 0 Å². The summed E-state index contributed by atoms with van der Waals surface area (Å²) in [5.41, 5.74) is -0.432. The molecule has 23 heavy (non-hydrogen) atoms. The Bertz CT molecular complexity index is 1030. The van der Waals surface area contributed by atoms with Crippen molar-refractivity contribution in [2.75, 3.05) is 0 Å². The zero-order chi connectivity index (χ0) is 17.2. The van der Waals surface area contributed by atoms with Crippen LogP contribution in [-0.2, 0) is 20.2 Å². The van der Waals surface area contributed by atoms with Gasteiger partial charge in [0.1, 0.15) is 0 Å². The van der Waals surface area contributed by atoms with E-state index in [1.165, 1.54) is 0 Å². The highest BCUT2D eigenvalue weighted by atomic mass is 32.2. The summed E-state index contributed by atoms with van der Waals surface area (Å²) in [6.07, 6.45) is 0. The van der Waals surface area contributed by atoms with Crippen molar-refractivity contribution in [1.29, 1.82) is 0 Å². The van der Waals surface area contributed by atoms with E-state index in [4.69, 9.17) is 9.11 Å². The predicted octanol–water partition coefficient (Wildman–Crippen LogP) is 0.217. The van der Waals surface area contributed by atoms with Crippen molar-refractivity contribution >= 4 is 42.8 Å². The summed E-state index contributed by atoms with van der Waals surface area (Å²) in [6, 6.07) is 3.54. The van der Waals surface area contributed by atoms with Crippen LogP contribution >= 0.6 is 0 Å². The van der Waals surface area contributed by atoms with Crippen LogP contribution in [-0.4, -0.2) is 37.8 Å². The van der Waals surface area contributed by atoms with Crippen LogP contribution in [0.1, 0.15) is 20.7 Å². The molecule has 0 spiro atoms. The number of carbonyl (C=O) groups is 2. The Morgan fingerprint density at radius 1 is 0.739 bits per heavy atom. The molecule has 9 nitrogen and oxygen atoms in total. The summed E-state index contributed by atoms with van der Waals surface area (Å²) >= 11 is 0. The molecule has 3 rings (SSSR count). The summed E-state index contributed by atoms with van der Waals surface area (Å²) < 4.78 is 63.4. The fourth-order valence-electron chi connectivity index (χ4n) is 2.35. The van der Waals surface area contributed by atoms with Crippen LogP contribution in [0.4, 0.5) is 0 Å². The van der Waals surface area contributed by atoms with Crippen molar-refractivity contribution in [3.05, 3.63) is 35.4 Å². The monoisotopic (exact) mass is 357 g/mol. The van der Waals surface area contributed by atoms with Gasteiger partial charge >= 0.3 is 0 Å². The minimum absolute atomic E-state index is 0.0264. The largest absolute Gasteiger partial charge is 0.294 e. The molecule has 0 radical (unpaired) electrons. The van der Waals surface area contributed by atoms with E-state index >= 15 is 0 Å². The molecule has 2 aromatic rings. The van der Waals surface area contributed by atoms with Crippen LogP contribution in [0.3, 0.4) is 0 Å². The Balaban J connectivity index is 2.55. The van der Waals surface area contributed by atoms with Gasteiger partial charge in [0, 0.05) is 16.5 Å². The molecule has 0 aromatic heterocycles. The molecular weight excluding hydrogens is 350 g/mol. The van der Waals surface area contributed by atoms with Gasteiger partial charge in [-0.05, 0) is 29.7 Å². The Labute approximate surface area is 129 Å². The third-order valence-corrected chi connectivity index (χ3v) is 4.97. The number of nitrogens with one attached hydrogen (secondary N) is 1. The van der Waals surface area contributed by atoms with Crippen molar-refractivity contribution in [1.82, 2.24) is 5.32 Å². The van der Waals surface area contributed by atoms with Gasteiger partial charge in [0.2, 0.25) is 0 Å². The van der Waals surface area contributed by atoms with Gasteiger partial charge in [0.15, 0.2) is 0 Å². The van der Waals surface area contributed by atoms with E-state index < -0.39 is 41.8 Å². The van der Waals surface area contributed by atoms with E-state index in [0.29, 0.717) is 0 Å². The van der Waals surface area contributed by atoms with Crippen molar-refractivity contribution in [3.63, 3.8) is 0 Å². The second-order valence-corrected chi connectivity index (χ2v) is 7.62. The van der Waals surface area contributed by atoms with Crippen LogP contribution in [0.5, 0.6) is 0 Å². The molecule has 0 saturated heterocycles. The minimum atomic E-state index is -4.68. The molecular formula is C12H7NO8S2. The van der Waals surface area contributed by atoms with E-state index in [0.717, 1.165) is 24.3 Å². The Morgan fingerprint density at radius 3 is 1.48 bits per heavy atom. The maximum absolute atomic E-state index is 11.9. The lowest BCUT2D eigenvalue weighted by Gasteiger charge is -2.18. The molecule has 1 aliphatic rings. The van der Waals surface area contributed by atoms with E-state index in [1.54, 1.807) is 0 Å². The van der Waals surface area contributed by atoms with E-state index in [2.05, 4.69) is 0 Å². The zero-order valence-electron chi connectivity index (χ0n) is 11.0. The second kappa shape index (κ2) is 4.58. The fourth-order valence-corrected chi connectivity index (χ4v) is 3.44. The molecule has 1 heterocycles.